The van der Waals surface area contributed by atoms with Crippen LogP contribution >= 0.6 is 0 Å². The van der Waals surface area contributed by atoms with Crippen LogP contribution in [0.1, 0.15) is 37.4 Å². The van der Waals surface area contributed by atoms with Crippen LogP contribution in [0.5, 0.6) is 0 Å². The number of guanidine groups is 1. The number of piperidine rings is 1. The lowest BCUT2D eigenvalue weighted by Gasteiger charge is -2.25. The Morgan fingerprint density at radius 3 is 2.68 bits per heavy atom. The molecule has 6 heteroatoms. The molecule has 6 nitrogen and oxygen atoms in total. The fourth-order valence-corrected chi connectivity index (χ4v) is 3.39. The van der Waals surface area contributed by atoms with E-state index in [4.69, 9.17) is 9.41 Å². The van der Waals surface area contributed by atoms with Crippen molar-refractivity contribution >= 4 is 5.96 Å². The standard InChI is InChI=1S/C22H33N5O/c1-3-23-22(25-13-16-27-14-5-4-6-15-27)24-12-11-20-17-28-21(26-20)19-9-7-18(2)8-10-19/h7-10,17H,3-6,11-16H2,1-2H3,(H2,23,24,25). The number of aromatic nitrogens is 1. The van der Waals surface area contributed by atoms with Crippen molar-refractivity contribution in [3.8, 4) is 11.5 Å². The Labute approximate surface area is 168 Å². The monoisotopic (exact) mass is 383 g/mol. The van der Waals surface area contributed by atoms with Gasteiger partial charge in [-0.25, -0.2) is 4.98 Å². The largest absolute Gasteiger partial charge is 0.444 e. The Kier molecular flexibility index (Phi) is 7.91. The smallest absolute Gasteiger partial charge is 0.226 e. The molecule has 0 unspecified atom stereocenters. The summed E-state index contributed by atoms with van der Waals surface area (Å²) >= 11 is 0. The molecular weight excluding hydrogens is 350 g/mol. The lowest BCUT2D eigenvalue weighted by atomic mass is 10.1. The van der Waals surface area contributed by atoms with E-state index in [0.29, 0.717) is 5.89 Å². The second-order valence-corrected chi connectivity index (χ2v) is 7.35. The molecule has 0 spiro atoms. The summed E-state index contributed by atoms with van der Waals surface area (Å²) in [5, 5.41) is 6.72. The summed E-state index contributed by atoms with van der Waals surface area (Å²) in [4.78, 5) is 11.8. The van der Waals surface area contributed by atoms with Crippen LogP contribution in [0.25, 0.3) is 11.5 Å². The third-order valence-electron chi connectivity index (χ3n) is 5.00. The molecule has 0 radical (unpaired) electrons. The summed E-state index contributed by atoms with van der Waals surface area (Å²) in [5.74, 6) is 1.55. The fraction of sp³-hybridized carbons (Fsp3) is 0.545. The molecular formula is C22H33N5O. The number of oxazole rings is 1. The summed E-state index contributed by atoms with van der Waals surface area (Å²) in [5.41, 5.74) is 3.19. The minimum absolute atomic E-state index is 0.678. The van der Waals surface area contributed by atoms with E-state index in [9.17, 15) is 0 Å². The summed E-state index contributed by atoms with van der Waals surface area (Å²) in [6.07, 6.45) is 6.56. The molecule has 2 heterocycles. The van der Waals surface area contributed by atoms with E-state index in [-0.39, 0.29) is 0 Å². The fourth-order valence-electron chi connectivity index (χ4n) is 3.39. The maximum Gasteiger partial charge on any atom is 0.226 e. The highest BCUT2D eigenvalue weighted by molar-refractivity contribution is 5.79. The van der Waals surface area contributed by atoms with Gasteiger partial charge in [0.2, 0.25) is 5.89 Å². The molecule has 0 saturated carbocycles. The third kappa shape index (κ3) is 6.37. The number of hydrogen-bond donors (Lipinski definition) is 2. The number of aryl methyl sites for hydroxylation is 1. The second kappa shape index (κ2) is 10.9. The van der Waals surface area contributed by atoms with E-state index >= 15 is 0 Å². The average molecular weight is 384 g/mol. The molecule has 1 fully saturated rings. The van der Waals surface area contributed by atoms with Crippen molar-refractivity contribution in [2.75, 3.05) is 39.3 Å². The van der Waals surface area contributed by atoms with Gasteiger partial charge in [0.15, 0.2) is 5.96 Å². The van der Waals surface area contributed by atoms with Crippen LogP contribution in [0.3, 0.4) is 0 Å². The predicted molar refractivity (Wildman–Crippen MR) is 115 cm³/mol. The van der Waals surface area contributed by atoms with Crippen molar-refractivity contribution in [2.45, 2.75) is 39.5 Å². The SMILES string of the molecule is CCNC(=NCCN1CCCCC1)NCCc1coc(-c2ccc(C)cc2)n1. The van der Waals surface area contributed by atoms with Crippen LogP contribution in [0.2, 0.25) is 0 Å². The molecule has 2 aromatic rings. The third-order valence-corrected chi connectivity index (χ3v) is 5.00. The number of benzene rings is 1. The molecule has 152 valence electrons. The quantitative estimate of drug-likeness (QED) is 0.541. The Hall–Kier alpha value is -2.34. The number of likely N-dealkylation sites (tertiary alicyclic amines) is 1. The van der Waals surface area contributed by atoms with Gasteiger partial charge in [-0.05, 0) is 51.9 Å². The van der Waals surface area contributed by atoms with Crippen LogP contribution < -0.4 is 10.6 Å². The molecule has 1 aromatic heterocycles. The molecule has 1 aliphatic rings. The van der Waals surface area contributed by atoms with Crippen molar-refractivity contribution in [3.05, 3.63) is 41.8 Å². The average Bonchev–Trinajstić information content (AvgIpc) is 3.18. The Morgan fingerprint density at radius 2 is 1.93 bits per heavy atom. The highest BCUT2D eigenvalue weighted by Crippen LogP contribution is 2.19. The topological polar surface area (TPSA) is 65.7 Å². The first-order valence-electron chi connectivity index (χ1n) is 10.5. The molecule has 2 N–H and O–H groups in total. The molecule has 28 heavy (non-hydrogen) atoms. The Morgan fingerprint density at radius 1 is 1.14 bits per heavy atom. The van der Waals surface area contributed by atoms with E-state index < -0.39 is 0 Å². The minimum atomic E-state index is 0.678. The molecule has 0 amide bonds. The van der Waals surface area contributed by atoms with Gasteiger partial charge >= 0.3 is 0 Å². The van der Waals surface area contributed by atoms with Gasteiger partial charge < -0.3 is 20.0 Å². The molecule has 3 rings (SSSR count). The zero-order chi connectivity index (χ0) is 19.6. The van der Waals surface area contributed by atoms with Crippen LogP contribution in [0.15, 0.2) is 39.9 Å². The van der Waals surface area contributed by atoms with Crippen LogP contribution in [0, 0.1) is 6.92 Å². The number of nitrogens with one attached hydrogen (secondary N) is 2. The zero-order valence-corrected chi connectivity index (χ0v) is 17.2. The van der Waals surface area contributed by atoms with E-state index in [2.05, 4.69) is 46.5 Å². The number of aliphatic imine (C=N–C) groups is 1. The first-order chi connectivity index (χ1) is 13.7. The van der Waals surface area contributed by atoms with E-state index in [1.165, 1.54) is 37.9 Å². The maximum absolute atomic E-state index is 5.64. The van der Waals surface area contributed by atoms with Crippen LogP contribution in [-0.4, -0.2) is 55.1 Å². The zero-order valence-electron chi connectivity index (χ0n) is 17.2. The number of nitrogens with zero attached hydrogens (tertiary/aromatic N) is 3. The summed E-state index contributed by atoms with van der Waals surface area (Å²) < 4.78 is 5.64. The minimum Gasteiger partial charge on any atom is -0.444 e. The van der Waals surface area contributed by atoms with Crippen LogP contribution in [0.4, 0.5) is 0 Å². The predicted octanol–water partition coefficient (Wildman–Crippen LogP) is 3.23. The lowest BCUT2D eigenvalue weighted by Crippen LogP contribution is -2.39. The molecule has 1 aliphatic heterocycles. The Bertz CT molecular complexity index is 732. The highest BCUT2D eigenvalue weighted by atomic mass is 16.3. The highest BCUT2D eigenvalue weighted by Gasteiger charge is 2.09. The molecule has 1 aromatic carbocycles. The van der Waals surface area contributed by atoms with Gasteiger partial charge in [-0.15, -0.1) is 0 Å². The van der Waals surface area contributed by atoms with Gasteiger partial charge in [0, 0.05) is 31.6 Å². The number of hydrogen-bond acceptors (Lipinski definition) is 4. The van der Waals surface area contributed by atoms with Crippen molar-refractivity contribution in [3.63, 3.8) is 0 Å². The van der Waals surface area contributed by atoms with Crippen molar-refractivity contribution < 1.29 is 4.42 Å². The van der Waals surface area contributed by atoms with Crippen LogP contribution in [-0.2, 0) is 6.42 Å². The number of rotatable bonds is 8. The van der Waals surface area contributed by atoms with Gasteiger partial charge in [-0.1, -0.05) is 24.1 Å². The molecule has 1 saturated heterocycles. The summed E-state index contributed by atoms with van der Waals surface area (Å²) in [7, 11) is 0. The second-order valence-electron chi connectivity index (χ2n) is 7.35. The van der Waals surface area contributed by atoms with Crippen molar-refractivity contribution in [1.82, 2.24) is 20.5 Å². The van der Waals surface area contributed by atoms with Gasteiger partial charge in [-0.2, -0.15) is 0 Å². The normalized spacial score (nSPS) is 15.6. The lowest BCUT2D eigenvalue weighted by molar-refractivity contribution is 0.235. The molecule has 0 bridgehead atoms. The van der Waals surface area contributed by atoms with Gasteiger partial charge in [0.25, 0.3) is 0 Å². The first-order valence-corrected chi connectivity index (χ1v) is 10.5. The summed E-state index contributed by atoms with van der Waals surface area (Å²) in [6.45, 7) is 10.1. The van der Waals surface area contributed by atoms with Gasteiger partial charge in [0.05, 0.1) is 12.2 Å². The first kappa shape index (κ1) is 20.4. The molecule has 0 aliphatic carbocycles. The van der Waals surface area contributed by atoms with Gasteiger partial charge in [-0.3, -0.25) is 4.99 Å². The summed E-state index contributed by atoms with van der Waals surface area (Å²) in [6, 6.07) is 8.23. The van der Waals surface area contributed by atoms with E-state index in [1.54, 1.807) is 6.26 Å². The van der Waals surface area contributed by atoms with Crippen molar-refractivity contribution in [1.29, 1.82) is 0 Å². The van der Waals surface area contributed by atoms with E-state index in [1.807, 2.05) is 12.1 Å². The molecule has 0 atom stereocenters. The maximum atomic E-state index is 5.64. The van der Waals surface area contributed by atoms with Crippen molar-refractivity contribution in [2.24, 2.45) is 4.99 Å². The van der Waals surface area contributed by atoms with E-state index in [0.717, 1.165) is 49.8 Å². The Balaban J connectivity index is 1.44. The van der Waals surface area contributed by atoms with Gasteiger partial charge in [0.1, 0.15) is 6.26 Å².